The number of sulfonamides is 1. The van der Waals surface area contributed by atoms with Crippen molar-refractivity contribution in [3.63, 3.8) is 0 Å². The van der Waals surface area contributed by atoms with E-state index < -0.39 is 15.9 Å². The zero-order valence-electron chi connectivity index (χ0n) is 21.0. The third-order valence-electron chi connectivity index (χ3n) is 5.93. The van der Waals surface area contributed by atoms with Crippen molar-refractivity contribution in [3.8, 4) is 0 Å². The van der Waals surface area contributed by atoms with Crippen molar-refractivity contribution in [2.75, 3.05) is 18.4 Å². The van der Waals surface area contributed by atoms with E-state index in [4.69, 9.17) is 4.42 Å². The molecule has 0 aliphatic carbocycles. The van der Waals surface area contributed by atoms with E-state index in [0.29, 0.717) is 48.1 Å². The molecule has 36 heavy (non-hydrogen) atoms. The van der Waals surface area contributed by atoms with E-state index >= 15 is 0 Å². The second-order valence-corrected chi connectivity index (χ2v) is 13.3. The summed E-state index contributed by atoms with van der Waals surface area (Å²) in [6.45, 7) is 9.46. The fourth-order valence-corrected chi connectivity index (χ4v) is 6.92. The molecule has 1 saturated heterocycles. The molecule has 1 amide bonds. The number of rotatable bonds is 8. The van der Waals surface area contributed by atoms with E-state index in [9.17, 15) is 13.2 Å². The van der Waals surface area contributed by atoms with Crippen molar-refractivity contribution in [1.82, 2.24) is 14.5 Å². The van der Waals surface area contributed by atoms with Crippen molar-refractivity contribution in [2.45, 2.75) is 55.6 Å². The van der Waals surface area contributed by atoms with Crippen LogP contribution in [0.1, 0.15) is 55.9 Å². The lowest BCUT2D eigenvalue weighted by atomic mass is 9.94. The van der Waals surface area contributed by atoms with Gasteiger partial charge in [-0.15, -0.1) is 16.9 Å². The Balaban J connectivity index is 1.37. The van der Waals surface area contributed by atoms with Crippen LogP contribution in [-0.2, 0) is 16.4 Å². The third-order valence-corrected chi connectivity index (χ3v) is 8.79. The van der Waals surface area contributed by atoms with Gasteiger partial charge in [-0.25, -0.2) is 8.42 Å². The highest BCUT2D eigenvalue weighted by Crippen LogP contribution is 2.27. The van der Waals surface area contributed by atoms with E-state index in [1.807, 2.05) is 12.1 Å². The Kier molecular flexibility index (Phi) is 8.17. The van der Waals surface area contributed by atoms with Crippen LogP contribution in [0.3, 0.4) is 0 Å². The lowest BCUT2D eigenvalue weighted by molar-refractivity contribution is 0.102. The molecule has 1 aromatic heterocycles. The summed E-state index contributed by atoms with van der Waals surface area (Å²) in [6, 6.07) is 14.1. The number of amides is 1. The number of carbonyl (C=O) groups is 1. The molecular formula is C26H32N4O4S2. The molecular weight excluding hydrogens is 496 g/mol. The van der Waals surface area contributed by atoms with Crippen LogP contribution < -0.4 is 5.32 Å². The topological polar surface area (TPSA) is 105 Å². The maximum absolute atomic E-state index is 13.1. The minimum absolute atomic E-state index is 0.00465. The predicted octanol–water partition coefficient (Wildman–Crippen LogP) is 5.08. The van der Waals surface area contributed by atoms with E-state index in [1.165, 1.54) is 33.5 Å². The Bertz CT molecular complexity index is 1280. The Labute approximate surface area is 216 Å². The molecule has 2 unspecified atom stereocenters. The van der Waals surface area contributed by atoms with Crippen LogP contribution in [0.4, 0.5) is 6.01 Å². The molecule has 1 N–H and O–H groups in total. The standard InChI is InChI=1S/C26H32N4O4S2/c1-17(2)35-22-9-5-20(6-10-22)14-24-28-29-26(34-24)27-25(31)21-7-11-23(12-8-21)36(32,33)30-15-18(3)13-19(4)16-30/h5-12,17-19H,13-16H2,1-4H3,(H,27,29,31). The first-order valence-corrected chi connectivity index (χ1v) is 14.4. The molecule has 8 nitrogen and oxygen atoms in total. The second-order valence-electron chi connectivity index (χ2n) is 9.73. The van der Waals surface area contributed by atoms with Crippen LogP contribution in [0, 0.1) is 11.8 Å². The number of aromatic nitrogens is 2. The quantitative estimate of drug-likeness (QED) is 0.407. The Morgan fingerprint density at radius 1 is 1.06 bits per heavy atom. The molecule has 0 spiro atoms. The van der Waals surface area contributed by atoms with Gasteiger partial charge in [0.2, 0.25) is 15.9 Å². The average Bonchev–Trinajstić information content (AvgIpc) is 3.26. The van der Waals surface area contributed by atoms with Crippen molar-refractivity contribution in [3.05, 3.63) is 65.5 Å². The summed E-state index contributed by atoms with van der Waals surface area (Å²) in [4.78, 5) is 14.0. The summed E-state index contributed by atoms with van der Waals surface area (Å²) in [5, 5.41) is 11.0. The van der Waals surface area contributed by atoms with E-state index in [0.717, 1.165) is 12.0 Å². The summed E-state index contributed by atoms with van der Waals surface area (Å²) in [5.41, 5.74) is 1.33. The minimum Gasteiger partial charge on any atom is -0.407 e. The molecule has 10 heteroatoms. The molecule has 2 heterocycles. The third kappa shape index (κ3) is 6.54. The monoisotopic (exact) mass is 528 g/mol. The van der Waals surface area contributed by atoms with Gasteiger partial charge in [-0.05, 0) is 60.2 Å². The van der Waals surface area contributed by atoms with Crippen molar-refractivity contribution in [1.29, 1.82) is 0 Å². The van der Waals surface area contributed by atoms with Gasteiger partial charge in [0.05, 0.1) is 11.3 Å². The van der Waals surface area contributed by atoms with Crippen LogP contribution in [0.25, 0.3) is 0 Å². The molecule has 192 valence electrons. The Morgan fingerprint density at radius 2 is 1.69 bits per heavy atom. The molecule has 1 aliphatic heterocycles. The maximum Gasteiger partial charge on any atom is 0.322 e. The molecule has 2 atom stereocenters. The van der Waals surface area contributed by atoms with Gasteiger partial charge in [-0.1, -0.05) is 44.9 Å². The van der Waals surface area contributed by atoms with Crippen molar-refractivity contribution < 1.29 is 17.6 Å². The average molecular weight is 529 g/mol. The first-order chi connectivity index (χ1) is 17.1. The molecule has 0 bridgehead atoms. The van der Waals surface area contributed by atoms with Gasteiger partial charge in [0, 0.05) is 28.8 Å². The number of piperidine rings is 1. The molecule has 0 radical (unpaired) electrons. The Hall–Kier alpha value is -2.69. The second kappa shape index (κ2) is 11.1. The van der Waals surface area contributed by atoms with E-state index in [2.05, 4.69) is 55.3 Å². The summed E-state index contributed by atoms with van der Waals surface area (Å²) < 4.78 is 33.2. The fourth-order valence-electron chi connectivity index (χ4n) is 4.41. The lowest BCUT2D eigenvalue weighted by Crippen LogP contribution is -2.42. The van der Waals surface area contributed by atoms with Crippen LogP contribution in [0.2, 0.25) is 0 Å². The van der Waals surface area contributed by atoms with Gasteiger partial charge in [0.15, 0.2) is 0 Å². The van der Waals surface area contributed by atoms with Gasteiger partial charge in [0.25, 0.3) is 5.91 Å². The van der Waals surface area contributed by atoms with E-state index in [1.54, 1.807) is 11.8 Å². The highest BCUT2D eigenvalue weighted by Gasteiger charge is 2.31. The molecule has 1 aliphatic rings. The first-order valence-electron chi connectivity index (χ1n) is 12.1. The zero-order valence-corrected chi connectivity index (χ0v) is 22.6. The van der Waals surface area contributed by atoms with Crippen LogP contribution in [0.5, 0.6) is 0 Å². The molecule has 1 fully saturated rings. The number of hydrogen-bond acceptors (Lipinski definition) is 7. The number of hydrogen-bond donors (Lipinski definition) is 1. The highest BCUT2D eigenvalue weighted by atomic mass is 32.2. The van der Waals surface area contributed by atoms with Gasteiger partial charge >= 0.3 is 6.01 Å². The van der Waals surface area contributed by atoms with Crippen molar-refractivity contribution >= 4 is 33.7 Å². The van der Waals surface area contributed by atoms with Gasteiger partial charge in [0.1, 0.15) is 0 Å². The smallest absolute Gasteiger partial charge is 0.322 e. The largest absolute Gasteiger partial charge is 0.407 e. The normalized spacial score (nSPS) is 18.9. The molecule has 3 aromatic rings. The molecule has 2 aromatic carbocycles. The van der Waals surface area contributed by atoms with Crippen LogP contribution in [-0.4, -0.2) is 47.2 Å². The molecule has 4 rings (SSSR count). The predicted molar refractivity (Wildman–Crippen MR) is 141 cm³/mol. The Morgan fingerprint density at radius 3 is 2.31 bits per heavy atom. The first kappa shape index (κ1) is 26.4. The number of carbonyl (C=O) groups excluding carboxylic acids is 1. The number of nitrogens with one attached hydrogen (secondary N) is 1. The van der Waals surface area contributed by atoms with E-state index in [-0.39, 0.29) is 10.9 Å². The number of thioether (sulfide) groups is 1. The molecule has 0 saturated carbocycles. The fraction of sp³-hybridized carbons (Fsp3) is 0.423. The van der Waals surface area contributed by atoms with Crippen LogP contribution in [0.15, 0.2) is 62.7 Å². The lowest BCUT2D eigenvalue weighted by Gasteiger charge is -2.34. The van der Waals surface area contributed by atoms with Gasteiger partial charge in [-0.3, -0.25) is 10.1 Å². The number of nitrogens with zero attached hydrogens (tertiary/aromatic N) is 3. The van der Waals surface area contributed by atoms with Gasteiger partial charge < -0.3 is 4.42 Å². The SMILES string of the molecule is CC1CC(C)CN(S(=O)(=O)c2ccc(C(=O)Nc3nnc(Cc4ccc(SC(C)C)cc4)o3)cc2)C1. The number of benzene rings is 2. The summed E-state index contributed by atoms with van der Waals surface area (Å²) in [7, 11) is -3.61. The highest BCUT2D eigenvalue weighted by molar-refractivity contribution is 7.99. The van der Waals surface area contributed by atoms with Crippen LogP contribution >= 0.6 is 11.8 Å². The maximum atomic E-state index is 13.1. The minimum atomic E-state index is -3.61. The van der Waals surface area contributed by atoms with Crippen molar-refractivity contribution in [2.24, 2.45) is 11.8 Å². The summed E-state index contributed by atoms with van der Waals surface area (Å²) >= 11 is 1.80. The van der Waals surface area contributed by atoms with Gasteiger partial charge in [-0.2, -0.15) is 4.31 Å². The number of anilines is 1. The summed E-state index contributed by atoms with van der Waals surface area (Å²) in [5.74, 6) is 0.567. The summed E-state index contributed by atoms with van der Waals surface area (Å²) in [6.07, 6.45) is 1.47. The zero-order chi connectivity index (χ0) is 25.9.